The molecule has 0 saturated heterocycles. The predicted molar refractivity (Wildman–Crippen MR) is 91.6 cm³/mol. The molecule has 1 fully saturated rings. The number of rotatable bonds is 3. The van der Waals surface area contributed by atoms with E-state index in [9.17, 15) is 15.3 Å². The molecule has 1 saturated carbocycles. The van der Waals surface area contributed by atoms with Crippen molar-refractivity contribution in [2.45, 2.75) is 82.3 Å². The molecule has 0 radical (unpaired) electrons. The van der Waals surface area contributed by atoms with Gasteiger partial charge in [0.25, 0.3) is 0 Å². The second kappa shape index (κ2) is 5.49. The molecular formula is C20H30O3. The largest absolute Gasteiger partial charge is 0.508 e. The first-order chi connectivity index (χ1) is 10.8. The summed E-state index contributed by atoms with van der Waals surface area (Å²) in [6.07, 6.45) is 5.71. The van der Waals surface area contributed by atoms with Crippen LogP contribution in [-0.4, -0.2) is 26.5 Å². The van der Waals surface area contributed by atoms with Crippen LogP contribution in [0.3, 0.4) is 0 Å². The first kappa shape index (κ1) is 16.8. The second-order valence-electron chi connectivity index (χ2n) is 8.02. The van der Waals surface area contributed by atoms with Gasteiger partial charge in [-0.25, -0.2) is 0 Å². The van der Waals surface area contributed by atoms with Crippen molar-refractivity contribution in [3.63, 3.8) is 0 Å². The zero-order chi connectivity index (χ0) is 16.9. The highest BCUT2D eigenvalue weighted by Crippen LogP contribution is 2.58. The molecule has 3 heteroatoms. The molecule has 3 rings (SSSR count). The summed E-state index contributed by atoms with van der Waals surface area (Å²) in [5.74, 6) is 0.708. The Kier molecular flexibility index (Phi) is 4.01. The average Bonchev–Trinajstić information content (AvgIpc) is 2.48. The molecule has 2 aliphatic rings. The van der Waals surface area contributed by atoms with Crippen LogP contribution in [0.2, 0.25) is 0 Å². The molecule has 3 nitrogen and oxygen atoms in total. The van der Waals surface area contributed by atoms with Gasteiger partial charge in [0.2, 0.25) is 0 Å². The highest BCUT2D eigenvalue weighted by molar-refractivity contribution is 5.44. The summed E-state index contributed by atoms with van der Waals surface area (Å²) in [7, 11) is 0. The lowest BCUT2D eigenvalue weighted by Crippen LogP contribution is -2.63. The first-order valence-electron chi connectivity index (χ1n) is 9.05. The minimum absolute atomic E-state index is 0.0925. The standard InChI is InChI=1S/C20H30O3/c1-4-10-20(23)12-15-7-6-14-11-16(21)8-9-17(14)19(15,5-2)13-18(20,3)22/h8-9,11,15,21-23H,4-7,10,12-13H2,1-3H3/t15-,18-,19-,20+/m1/s1. The summed E-state index contributed by atoms with van der Waals surface area (Å²) < 4.78 is 0. The Hall–Kier alpha value is -1.06. The third kappa shape index (κ3) is 2.40. The molecular weight excluding hydrogens is 288 g/mol. The molecule has 0 amide bonds. The van der Waals surface area contributed by atoms with E-state index in [0.29, 0.717) is 30.9 Å². The number of aliphatic hydroxyl groups is 2. The molecule has 0 bridgehead atoms. The summed E-state index contributed by atoms with van der Waals surface area (Å²) in [4.78, 5) is 0. The third-order valence-electron chi connectivity index (χ3n) is 6.71. The van der Waals surface area contributed by atoms with E-state index >= 15 is 0 Å². The topological polar surface area (TPSA) is 60.7 Å². The normalized spacial score (nSPS) is 39.6. The minimum Gasteiger partial charge on any atom is -0.508 e. The highest BCUT2D eigenvalue weighted by atomic mass is 16.4. The van der Waals surface area contributed by atoms with Crippen LogP contribution in [0.4, 0.5) is 0 Å². The first-order valence-corrected chi connectivity index (χ1v) is 9.05. The maximum atomic E-state index is 11.2. The average molecular weight is 318 g/mol. The molecule has 1 aromatic carbocycles. The van der Waals surface area contributed by atoms with Crippen LogP contribution in [0.15, 0.2) is 18.2 Å². The van der Waals surface area contributed by atoms with Gasteiger partial charge in [-0.15, -0.1) is 0 Å². The maximum Gasteiger partial charge on any atom is 0.115 e. The Labute approximate surface area is 139 Å². The van der Waals surface area contributed by atoms with Gasteiger partial charge in [-0.1, -0.05) is 26.3 Å². The molecule has 2 aliphatic carbocycles. The fourth-order valence-electron chi connectivity index (χ4n) is 5.43. The van der Waals surface area contributed by atoms with Crippen LogP contribution in [-0.2, 0) is 11.8 Å². The second-order valence-corrected chi connectivity index (χ2v) is 8.02. The van der Waals surface area contributed by atoms with Crippen molar-refractivity contribution in [2.24, 2.45) is 5.92 Å². The van der Waals surface area contributed by atoms with Crippen LogP contribution < -0.4 is 0 Å². The predicted octanol–water partition coefficient (Wildman–Crippen LogP) is 3.68. The van der Waals surface area contributed by atoms with E-state index in [-0.39, 0.29) is 5.41 Å². The molecule has 0 aromatic heterocycles. The van der Waals surface area contributed by atoms with E-state index in [0.717, 1.165) is 25.7 Å². The summed E-state index contributed by atoms with van der Waals surface area (Å²) in [5, 5.41) is 32.1. The van der Waals surface area contributed by atoms with Gasteiger partial charge in [-0.3, -0.25) is 0 Å². The summed E-state index contributed by atoms with van der Waals surface area (Å²) in [5.41, 5.74) is 0.319. The number of phenolic OH excluding ortho intramolecular Hbond substituents is 1. The molecule has 0 aliphatic heterocycles. The van der Waals surface area contributed by atoms with E-state index < -0.39 is 11.2 Å². The van der Waals surface area contributed by atoms with Crippen LogP contribution in [0.1, 0.15) is 70.4 Å². The number of phenols is 1. The Morgan fingerprint density at radius 1 is 1.22 bits per heavy atom. The Morgan fingerprint density at radius 3 is 2.61 bits per heavy atom. The lowest BCUT2D eigenvalue weighted by Gasteiger charge is -2.59. The van der Waals surface area contributed by atoms with E-state index in [1.807, 2.05) is 19.1 Å². The molecule has 128 valence electrons. The van der Waals surface area contributed by atoms with E-state index in [2.05, 4.69) is 13.8 Å². The third-order valence-corrected chi connectivity index (χ3v) is 6.71. The van der Waals surface area contributed by atoms with Crippen molar-refractivity contribution in [1.82, 2.24) is 0 Å². The maximum absolute atomic E-state index is 11.2. The lowest BCUT2D eigenvalue weighted by atomic mass is 9.49. The molecule has 23 heavy (non-hydrogen) atoms. The van der Waals surface area contributed by atoms with Crippen molar-refractivity contribution in [3.8, 4) is 5.75 Å². The molecule has 3 N–H and O–H groups in total. The van der Waals surface area contributed by atoms with E-state index in [1.54, 1.807) is 6.07 Å². The van der Waals surface area contributed by atoms with Gasteiger partial charge < -0.3 is 15.3 Å². The van der Waals surface area contributed by atoms with E-state index in [1.165, 1.54) is 11.1 Å². The Balaban J connectivity index is 2.08. The SMILES string of the molecule is CCC[C@]1(O)C[C@H]2CCc3cc(O)ccc3[C@]2(CC)C[C@@]1(C)O. The monoisotopic (exact) mass is 318 g/mol. The molecule has 0 heterocycles. The van der Waals surface area contributed by atoms with Gasteiger partial charge in [0, 0.05) is 5.41 Å². The zero-order valence-corrected chi connectivity index (χ0v) is 14.6. The number of aryl methyl sites for hydroxylation is 1. The molecule has 0 spiro atoms. The van der Waals surface area contributed by atoms with Crippen LogP contribution in [0.5, 0.6) is 5.75 Å². The Bertz CT molecular complexity index is 595. The van der Waals surface area contributed by atoms with Gasteiger partial charge in [0.15, 0.2) is 0 Å². The van der Waals surface area contributed by atoms with Crippen LogP contribution >= 0.6 is 0 Å². The number of fused-ring (bicyclic) bond motifs is 3. The quantitative estimate of drug-likeness (QED) is 0.797. The van der Waals surface area contributed by atoms with E-state index in [4.69, 9.17) is 0 Å². The van der Waals surface area contributed by atoms with Crippen molar-refractivity contribution < 1.29 is 15.3 Å². The van der Waals surface area contributed by atoms with Crippen molar-refractivity contribution in [2.75, 3.05) is 0 Å². The zero-order valence-electron chi connectivity index (χ0n) is 14.6. The molecule has 4 atom stereocenters. The Morgan fingerprint density at radius 2 is 1.96 bits per heavy atom. The summed E-state index contributed by atoms with van der Waals surface area (Å²) in [6, 6.07) is 5.69. The van der Waals surface area contributed by atoms with Crippen molar-refractivity contribution >= 4 is 0 Å². The summed E-state index contributed by atoms with van der Waals surface area (Å²) >= 11 is 0. The fourth-order valence-corrected chi connectivity index (χ4v) is 5.43. The number of hydrogen-bond donors (Lipinski definition) is 3. The smallest absolute Gasteiger partial charge is 0.115 e. The molecule has 0 unspecified atom stereocenters. The molecule has 1 aromatic rings. The number of hydrogen-bond acceptors (Lipinski definition) is 3. The minimum atomic E-state index is -1.08. The van der Waals surface area contributed by atoms with Gasteiger partial charge in [-0.05, 0) is 74.6 Å². The van der Waals surface area contributed by atoms with Gasteiger partial charge >= 0.3 is 0 Å². The van der Waals surface area contributed by atoms with Crippen molar-refractivity contribution in [1.29, 1.82) is 0 Å². The summed E-state index contributed by atoms with van der Waals surface area (Å²) in [6.45, 7) is 6.06. The number of aromatic hydroxyl groups is 1. The number of benzene rings is 1. The lowest BCUT2D eigenvalue weighted by molar-refractivity contribution is -0.201. The van der Waals surface area contributed by atoms with Crippen LogP contribution in [0, 0.1) is 5.92 Å². The fraction of sp³-hybridized carbons (Fsp3) is 0.700. The van der Waals surface area contributed by atoms with Gasteiger partial charge in [0.05, 0.1) is 11.2 Å². The van der Waals surface area contributed by atoms with Crippen LogP contribution in [0.25, 0.3) is 0 Å². The van der Waals surface area contributed by atoms with Gasteiger partial charge in [0.1, 0.15) is 5.75 Å². The van der Waals surface area contributed by atoms with Gasteiger partial charge in [-0.2, -0.15) is 0 Å². The van der Waals surface area contributed by atoms with Crippen molar-refractivity contribution in [3.05, 3.63) is 29.3 Å². The highest BCUT2D eigenvalue weighted by Gasteiger charge is 2.59.